The summed E-state index contributed by atoms with van der Waals surface area (Å²) in [5.41, 5.74) is 0.808. The number of hydrogen-bond donors (Lipinski definition) is 1. The van der Waals surface area contributed by atoms with Crippen LogP contribution in [-0.2, 0) is 4.74 Å². The fraction of sp³-hybridized carbons (Fsp3) is 0.625. The largest absolute Gasteiger partial charge is 0.491 e. The van der Waals surface area contributed by atoms with Gasteiger partial charge in [0, 0.05) is 12.2 Å². The molecule has 0 saturated carbocycles. The molecule has 0 saturated heterocycles. The normalized spacial score (nSPS) is 14.4. The number of aliphatic hydroxyl groups excluding tert-OH is 1. The van der Waals surface area contributed by atoms with Gasteiger partial charge in [-0.05, 0) is 33.3 Å². The lowest BCUT2D eigenvalue weighted by atomic mass is 10.00. The molecule has 0 aliphatic heterocycles. The Kier molecular flexibility index (Phi) is 6.89. The Morgan fingerprint density at radius 3 is 2.42 bits per heavy atom. The Bertz CT molecular complexity index is 357. The van der Waals surface area contributed by atoms with Gasteiger partial charge in [-0.3, -0.25) is 0 Å². The van der Waals surface area contributed by atoms with E-state index in [-0.39, 0.29) is 12.2 Å². The lowest BCUT2D eigenvalue weighted by Gasteiger charge is -2.25. The molecule has 2 unspecified atom stereocenters. The van der Waals surface area contributed by atoms with Gasteiger partial charge in [-0.2, -0.15) is 0 Å². The number of aliphatic hydroxyl groups is 1. The van der Waals surface area contributed by atoms with Crippen LogP contribution in [0.5, 0.6) is 5.75 Å². The minimum atomic E-state index is -0.644. The van der Waals surface area contributed by atoms with Crippen LogP contribution in [-0.4, -0.2) is 23.9 Å². The fourth-order valence-electron chi connectivity index (χ4n) is 2.12. The summed E-state index contributed by atoms with van der Waals surface area (Å²) in [5.74, 6) is 0.741. The van der Waals surface area contributed by atoms with Gasteiger partial charge in [-0.15, -0.1) is 0 Å². The van der Waals surface area contributed by atoms with E-state index in [0.717, 1.165) is 24.2 Å². The summed E-state index contributed by atoms with van der Waals surface area (Å²) in [5, 5.41) is 10.5. The molecule has 0 fully saturated rings. The fourth-order valence-corrected chi connectivity index (χ4v) is 2.12. The van der Waals surface area contributed by atoms with E-state index in [1.165, 1.54) is 0 Å². The van der Waals surface area contributed by atoms with Crippen molar-refractivity contribution in [3.8, 4) is 5.75 Å². The average molecular weight is 266 g/mol. The van der Waals surface area contributed by atoms with Crippen molar-refractivity contribution in [1.82, 2.24) is 0 Å². The Labute approximate surface area is 116 Å². The molecule has 2 atom stereocenters. The molecule has 3 nitrogen and oxygen atoms in total. The molecule has 1 aromatic carbocycles. The molecule has 0 bridgehead atoms. The highest BCUT2D eigenvalue weighted by Gasteiger charge is 2.23. The van der Waals surface area contributed by atoms with E-state index in [0.29, 0.717) is 6.61 Å². The number of ether oxygens (including phenoxy) is 2. The summed E-state index contributed by atoms with van der Waals surface area (Å²) in [6, 6.07) is 7.64. The van der Waals surface area contributed by atoms with Gasteiger partial charge in [0.15, 0.2) is 0 Å². The third kappa shape index (κ3) is 4.84. The molecular weight excluding hydrogens is 240 g/mol. The summed E-state index contributed by atoms with van der Waals surface area (Å²) in [4.78, 5) is 0. The van der Waals surface area contributed by atoms with Gasteiger partial charge in [-0.25, -0.2) is 0 Å². The molecule has 0 aliphatic carbocycles. The summed E-state index contributed by atoms with van der Waals surface area (Å²) in [6.07, 6.45) is 1.09. The molecule has 3 heteroatoms. The topological polar surface area (TPSA) is 38.7 Å². The van der Waals surface area contributed by atoms with Crippen LogP contribution in [0.1, 0.15) is 52.2 Å². The standard InChI is InChI=1S/C16H26O3/c1-5-9-15(18-6-2)16(17)13-10-7-8-11-14(13)19-12(3)4/h7-8,10-12,15-17H,5-6,9H2,1-4H3. The van der Waals surface area contributed by atoms with Crippen molar-refractivity contribution in [3.63, 3.8) is 0 Å². The van der Waals surface area contributed by atoms with E-state index in [1.807, 2.05) is 45.0 Å². The lowest BCUT2D eigenvalue weighted by Crippen LogP contribution is -2.23. The van der Waals surface area contributed by atoms with Crippen LogP contribution in [0.2, 0.25) is 0 Å². The van der Waals surface area contributed by atoms with E-state index in [9.17, 15) is 5.11 Å². The maximum Gasteiger partial charge on any atom is 0.125 e. The zero-order valence-corrected chi connectivity index (χ0v) is 12.4. The van der Waals surface area contributed by atoms with Gasteiger partial charge in [-0.1, -0.05) is 31.5 Å². The molecule has 1 rings (SSSR count). The molecule has 1 aromatic rings. The highest BCUT2D eigenvalue weighted by atomic mass is 16.5. The van der Waals surface area contributed by atoms with Gasteiger partial charge in [0.05, 0.1) is 12.2 Å². The molecule has 0 radical (unpaired) electrons. The minimum absolute atomic E-state index is 0.0880. The van der Waals surface area contributed by atoms with E-state index in [2.05, 4.69) is 6.92 Å². The molecule has 1 N–H and O–H groups in total. The molecule has 0 aliphatic rings. The average Bonchev–Trinajstić information content (AvgIpc) is 2.38. The molecule has 108 valence electrons. The third-order valence-electron chi connectivity index (χ3n) is 2.91. The highest BCUT2D eigenvalue weighted by molar-refractivity contribution is 5.35. The van der Waals surface area contributed by atoms with E-state index in [1.54, 1.807) is 0 Å². The number of hydrogen-bond acceptors (Lipinski definition) is 3. The Hall–Kier alpha value is -1.06. The molecule has 0 heterocycles. The molecule has 0 amide bonds. The van der Waals surface area contributed by atoms with E-state index >= 15 is 0 Å². The number of benzene rings is 1. The summed E-state index contributed by atoms with van der Waals surface area (Å²) in [7, 11) is 0. The predicted octanol–water partition coefficient (Wildman–Crippen LogP) is 3.71. The van der Waals surface area contributed by atoms with Gasteiger partial charge >= 0.3 is 0 Å². The van der Waals surface area contributed by atoms with Crippen LogP contribution < -0.4 is 4.74 Å². The van der Waals surface area contributed by atoms with Crippen molar-refractivity contribution >= 4 is 0 Å². The Balaban J connectivity index is 2.92. The zero-order valence-electron chi connectivity index (χ0n) is 12.4. The maximum atomic E-state index is 10.5. The van der Waals surface area contributed by atoms with Crippen LogP contribution in [0, 0.1) is 0 Å². The Morgan fingerprint density at radius 2 is 1.84 bits per heavy atom. The first-order valence-electron chi connectivity index (χ1n) is 7.15. The second-order valence-corrected chi connectivity index (χ2v) is 4.93. The lowest BCUT2D eigenvalue weighted by molar-refractivity contribution is -0.0396. The van der Waals surface area contributed by atoms with Crippen molar-refractivity contribution in [2.45, 2.75) is 58.8 Å². The summed E-state index contributed by atoms with van der Waals surface area (Å²) >= 11 is 0. The van der Waals surface area contributed by atoms with E-state index in [4.69, 9.17) is 9.47 Å². The Morgan fingerprint density at radius 1 is 1.16 bits per heavy atom. The predicted molar refractivity (Wildman–Crippen MR) is 77.5 cm³/mol. The summed E-state index contributed by atoms with van der Waals surface area (Å²) < 4.78 is 11.4. The van der Waals surface area contributed by atoms with Gasteiger partial charge in [0.1, 0.15) is 11.9 Å². The maximum absolute atomic E-state index is 10.5. The first kappa shape index (κ1) is 16.0. The minimum Gasteiger partial charge on any atom is -0.491 e. The van der Waals surface area contributed by atoms with Crippen molar-refractivity contribution in [3.05, 3.63) is 29.8 Å². The second kappa shape index (κ2) is 8.18. The quantitative estimate of drug-likeness (QED) is 0.779. The number of para-hydroxylation sites is 1. The molecule has 0 spiro atoms. The highest BCUT2D eigenvalue weighted by Crippen LogP contribution is 2.30. The smallest absolute Gasteiger partial charge is 0.125 e. The second-order valence-electron chi connectivity index (χ2n) is 4.93. The SMILES string of the molecule is CCCC(OCC)C(O)c1ccccc1OC(C)C. The van der Waals surface area contributed by atoms with Gasteiger partial charge in [0.25, 0.3) is 0 Å². The third-order valence-corrected chi connectivity index (χ3v) is 2.91. The molecule has 19 heavy (non-hydrogen) atoms. The summed E-state index contributed by atoms with van der Waals surface area (Å²) in [6.45, 7) is 8.61. The van der Waals surface area contributed by atoms with Crippen LogP contribution in [0.4, 0.5) is 0 Å². The van der Waals surface area contributed by atoms with Gasteiger partial charge in [0.2, 0.25) is 0 Å². The van der Waals surface area contributed by atoms with Crippen LogP contribution in [0.3, 0.4) is 0 Å². The van der Waals surface area contributed by atoms with Gasteiger partial charge < -0.3 is 14.6 Å². The van der Waals surface area contributed by atoms with Crippen LogP contribution in [0.25, 0.3) is 0 Å². The monoisotopic (exact) mass is 266 g/mol. The molecular formula is C16H26O3. The van der Waals surface area contributed by atoms with Crippen molar-refractivity contribution < 1.29 is 14.6 Å². The number of rotatable bonds is 8. The van der Waals surface area contributed by atoms with E-state index < -0.39 is 6.10 Å². The zero-order chi connectivity index (χ0) is 14.3. The van der Waals surface area contributed by atoms with Crippen molar-refractivity contribution in [1.29, 1.82) is 0 Å². The molecule has 0 aromatic heterocycles. The van der Waals surface area contributed by atoms with Crippen molar-refractivity contribution in [2.24, 2.45) is 0 Å². The van der Waals surface area contributed by atoms with Crippen LogP contribution >= 0.6 is 0 Å². The van der Waals surface area contributed by atoms with Crippen molar-refractivity contribution in [2.75, 3.05) is 6.61 Å². The van der Waals surface area contributed by atoms with Crippen LogP contribution in [0.15, 0.2) is 24.3 Å². The first-order valence-corrected chi connectivity index (χ1v) is 7.15. The first-order chi connectivity index (χ1) is 9.10.